The molecule has 0 radical (unpaired) electrons. The number of nitrogens with one attached hydrogen (secondary N) is 2. The van der Waals surface area contributed by atoms with E-state index in [0.29, 0.717) is 25.4 Å². The molecule has 36 heavy (non-hydrogen) atoms. The van der Waals surface area contributed by atoms with Gasteiger partial charge in [-0.1, -0.05) is 87.1 Å². The minimum atomic E-state index is -0.00738. The van der Waals surface area contributed by atoms with E-state index in [2.05, 4.69) is 60.8 Å². The summed E-state index contributed by atoms with van der Waals surface area (Å²) in [5.41, 5.74) is 4.09. The Kier molecular flexibility index (Phi) is 8.95. The molecule has 0 saturated carbocycles. The number of carbonyl (C=O) groups excluding carboxylic acids is 1. The summed E-state index contributed by atoms with van der Waals surface area (Å²) in [5.74, 6) is 2.28. The molecule has 2 heterocycles. The van der Waals surface area contributed by atoms with Gasteiger partial charge < -0.3 is 10.6 Å². The lowest BCUT2D eigenvalue weighted by Gasteiger charge is -2.11. The van der Waals surface area contributed by atoms with Crippen LogP contribution < -0.4 is 10.6 Å². The van der Waals surface area contributed by atoms with Crippen LogP contribution in [0.4, 0.5) is 5.82 Å². The van der Waals surface area contributed by atoms with E-state index in [1.54, 1.807) is 11.8 Å². The Balaban J connectivity index is 1.37. The molecule has 2 aromatic heterocycles. The van der Waals surface area contributed by atoms with Gasteiger partial charge >= 0.3 is 0 Å². The summed E-state index contributed by atoms with van der Waals surface area (Å²) in [7, 11) is 0. The Morgan fingerprint density at radius 1 is 1.03 bits per heavy atom. The molecule has 4 aromatic rings. The number of nitrogens with zero attached hydrogens (tertiary/aromatic N) is 4. The van der Waals surface area contributed by atoms with Crippen molar-refractivity contribution in [1.82, 2.24) is 25.1 Å². The van der Waals surface area contributed by atoms with Crippen molar-refractivity contribution in [2.45, 2.75) is 45.3 Å². The highest BCUT2D eigenvalue weighted by Crippen LogP contribution is 2.25. The zero-order valence-corrected chi connectivity index (χ0v) is 22.0. The summed E-state index contributed by atoms with van der Waals surface area (Å²) in [4.78, 5) is 22.0. The highest BCUT2D eigenvalue weighted by molar-refractivity contribution is 7.99. The normalized spacial score (nSPS) is 11.2. The number of carbonyl (C=O) groups is 1. The van der Waals surface area contributed by atoms with Crippen molar-refractivity contribution in [2.75, 3.05) is 24.2 Å². The van der Waals surface area contributed by atoms with E-state index in [4.69, 9.17) is 9.97 Å². The summed E-state index contributed by atoms with van der Waals surface area (Å²) in [6.07, 6.45) is 3.21. The largest absolute Gasteiger partial charge is 0.369 e. The first-order chi connectivity index (χ1) is 17.5. The highest BCUT2D eigenvalue weighted by Gasteiger charge is 2.14. The molecular weight excluding hydrogens is 468 g/mol. The Bertz CT molecular complexity index is 1270. The van der Waals surface area contributed by atoms with Crippen LogP contribution in [0.1, 0.15) is 32.8 Å². The van der Waals surface area contributed by atoms with E-state index in [1.165, 1.54) is 5.56 Å². The van der Waals surface area contributed by atoms with Crippen molar-refractivity contribution in [3.05, 3.63) is 66.4 Å². The average Bonchev–Trinajstić information content (AvgIpc) is 3.30. The van der Waals surface area contributed by atoms with Crippen molar-refractivity contribution in [1.29, 1.82) is 0 Å². The molecule has 2 aromatic carbocycles. The average molecular weight is 503 g/mol. The predicted octanol–water partition coefficient (Wildman–Crippen LogP) is 5.42. The van der Waals surface area contributed by atoms with E-state index >= 15 is 0 Å². The zero-order chi connectivity index (χ0) is 25.3. The maximum Gasteiger partial charge on any atom is 0.224 e. The lowest BCUT2D eigenvalue weighted by atomic mass is 10.0. The molecule has 0 aliphatic heterocycles. The van der Waals surface area contributed by atoms with E-state index in [0.717, 1.165) is 51.9 Å². The zero-order valence-electron chi connectivity index (χ0n) is 21.2. The maximum absolute atomic E-state index is 12.6. The van der Waals surface area contributed by atoms with Gasteiger partial charge in [0.2, 0.25) is 5.91 Å². The molecule has 0 fully saturated rings. The van der Waals surface area contributed by atoms with E-state index in [-0.39, 0.29) is 5.91 Å². The first kappa shape index (κ1) is 25.7. The molecule has 0 unspecified atom stereocenters. The van der Waals surface area contributed by atoms with Gasteiger partial charge in [0, 0.05) is 18.8 Å². The third-order valence-corrected chi connectivity index (χ3v) is 6.71. The first-order valence-corrected chi connectivity index (χ1v) is 13.5. The van der Waals surface area contributed by atoms with Crippen LogP contribution in [0.5, 0.6) is 0 Å². The Hall–Kier alpha value is -3.39. The number of thioether (sulfide) groups is 1. The summed E-state index contributed by atoms with van der Waals surface area (Å²) >= 11 is 1.65. The highest BCUT2D eigenvalue weighted by atomic mass is 32.2. The molecule has 0 saturated heterocycles. The molecule has 4 rings (SSSR count). The van der Waals surface area contributed by atoms with Crippen molar-refractivity contribution in [2.24, 2.45) is 5.92 Å². The van der Waals surface area contributed by atoms with Crippen LogP contribution in [-0.4, -0.2) is 44.5 Å². The molecule has 1 amide bonds. The van der Waals surface area contributed by atoms with Crippen molar-refractivity contribution >= 4 is 34.5 Å². The van der Waals surface area contributed by atoms with Gasteiger partial charge in [-0.3, -0.25) is 4.79 Å². The van der Waals surface area contributed by atoms with Gasteiger partial charge in [0.15, 0.2) is 10.8 Å². The number of rotatable bonds is 12. The third kappa shape index (κ3) is 6.85. The monoisotopic (exact) mass is 502 g/mol. The van der Waals surface area contributed by atoms with Gasteiger partial charge in [-0.25, -0.2) is 14.6 Å². The molecular formula is C28H34N6OS. The molecule has 0 bridgehead atoms. The number of amides is 1. The van der Waals surface area contributed by atoms with Gasteiger partial charge in [0.05, 0.1) is 24.5 Å². The Labute approximate surface area is 217 Å². The smallest absolute Gasteiger partial charge is 0.224 e. The van der Waals surface area contributed by atoms with Crippen LogP contribution >= 0.6 is 11.8 Å². The van der Waals surface area contributed by atoms with Crippen LogP contribution in [0, 0.1) is 5.92 Å². The lowest BCUT2D eigenvalue weighted by molar-refractivity contribution is -0.120. The van der Waals surface area contributed by atoms with Crippen LogP contribution in [-0.2, 0) is 17.8 Å². The van der Waals surface area contributed by atoms with Gasteiger partial charge in [-0.05, 0) is 29.0 Å². The van der Waals surface area contributed by atoms with E-state index in [1.807, 2.05) is 41.2 Å². The standard InChI is InChI=1S/C28H34N6OS/c1-4-16-36-28-32-26(30-18-20(2)3)24-19-31-34(27(24)33-28)15-14-29-25(35)17-21-10-12-23(13-11-21)22-8-6-5-7-9-22/h5-13,19-20H,4,14-18H2,1-3H3,(H,29,35)(H,30,32,33). The molecule has 0 aliphatic rings. The third-order valence-electron chi connectivity index (χ3n) is 5.66. The molecule has 2 N–H and O–H groups in total. The first-order valence-electron chi connectivity index (χ1n) is 12.5. The number of anilines is 1. The van der Waals surface area contributed by atoms with Gasteiger partial charge in [0.1, 0.15) is 5.82 Å². The lowest BCUT2D eigenvalue weighted by Crippen LogP contribution is -2.28. The second-order valence-corrected chi connectivity index (χ2v) is 10.2. The van der Waals surface area contributed by atoms with Crippen molar-refractivity contribution < 1.29 is 4.79 Å². The number of benzene rings is 2. The summed E-state index contributed by atoms with van der Waals surface area (Å²) in [6.45, 7) is 8.34. The fourth-order valence-electron chi connectivity index (χ4n) is 3.79. The van der Waals surface area contributed by atoms with Crippen molar-refractivity contribution in [3.63, 3.8) is 0 Å². The van der Waals surface area contributed by atoms with Gasteiger partial charge in [0.25, 0.3) is 0 Å². The number of aromatic nitrogens is 4. The molecule has 188 valence electrons. The molecule has 8 heteroatoms. The Morgan fingerprint density at radius 2 is 1.78 bits per heavy atom. The van der Waals surface area contributed by atoms with Gasteiger partial charge in [-0.15, -0.1) is 0 Å². The number of fused-ring (bicyclic) bond motifs is 1. The minimum absolute atomic E-state index is 0.00738. The van der Waals surface area contributed by atoms with Gasteiger partial charge in [-0.2, -0.15) is 5.10 Å². The molecule has 7 nitrogen and oxygen atoms in total. The SMILES string of the molecule is CCCSc1nc(NCC(C)C)c2cnn(CCNC(=O)Cc3ccc(-c4ccccc4)cc3)c2n1. The quantitative estimate of drug-likeness (QED) is 0.199. The predicted molar refractivity (Wildman–Crippen MR) is 148 cm³/mol. The van der Waals surface area contributed by atoms with E-state index < -0.39 is 0 Å². The second-order valence-electron chi connectivity index (χ2n) is 9.17. The summed E-state index contributed by atoms with van der Waals surface area (Å²) in [6, 6.07) is 18.4. The fraction of sp³-hybridized carbons (Fsp3) is 0.357. The molecule has 0 spiro atoms. The number of hydrogen-bond donors (Lipinski definition) is 2. The summed E-state index contributed by atoms with van der Waals surface area (Å²) < 4.78 is 1.85. The van der Waals surface area contributed by atoms with Crippen LogP contribution in [0.2, 0.25) is 0 Å². The van der Waals surface area contributed by atoms with Crippen LogP contribution in [0.25, 0.3) is 22.2 Å². The van der Waals surface area contributed by atoms with Crippen LogP contribution in [0.3, 0.4) is 0 Å². The minimum Gasteiger partial charge on any atom is -0.369 e. The fourth-order valence-corrected chi connectivity index (χ4v) is 4.48. The molecule has 0 atom stereocenters. The van der Waals surface area contributed by atoms with Crippen molar-refractivity contribution in [3.8, 4) is 11.1 Å². The molecule has 0 aliphatic carbocycles. The topological polar surface area (TPSA) is 84.7 Å². The summed E-state index contributed by atoms with van der Waals surface area (Å²) in [5, 5.41) is 12.7. The van der Waals surface area contributed by atoms with Crippen LogP contribution in [0.15, 0.2) is 66.0 Å². The van der Waals surface area contributed by atoms with E-state index in [9.17, 15) is 4.79 Å². The Morgan fingerprint density at radius 3 is 2.50 bits per heavy atom. The maximum atomic E-state index is 12.6. The number of hydrogen-bond acceptors (Lipinski definition) is 6. The second kappa shape index (κ2) is 12.5.